The standard InChI is InChI=1S/C19H20ClNO3/c1-23-17-10-7-14(12-18(17)24-2)16-4-3-11-21(16)19(22)13-5-8-15(20)9-6-13/h5-10,12,16H,3-4,11H2,1-2H3/t16-/m0/s1. The summed E-state index contributed by atoms with van der Waals surface area (Å²) in [5.41, 5.74) is 1.72. The van der Waals surface area contributed by atoms with Crippen LogP contribution in [0.5, 0.6) is 11.5 Å². The van der Waals surface area contributed by atoms with Gasteiger partial charge in [-0.2, -0.15) is 0 Å². The monoisotopic (exact) mass is 345 g/mol. The van der Waals surface area contributed by atoms with Gasteiger partial charge in [0.05, 0.1) is 20.3 Å². The third-order valence-electron chi connectivity index (χ3n) is 4.40. The van der Waals surface area contributed by atoms with Gasteiger partial charge in [0, 0.05) is 17.1 Å². The molecule has 0 unspecified atom stereocenters. The van der Waals surface area contributed by atoms with Crippen molar-refractivity contribution in [3.63, 3.8) is 0 Å². The molecule has 126 valence electrons. The Balaban J connectivity index is 1.87. The minimum atomic E-state index is 0.0314. The molecule has 2 aromatic carbocycles. The summed E-state index contributed by atoms with van der Waals surface area (Å²) in [6.07, 6.45) is 1.92. The van der Waals surface area contributed by atoms with Gasteiger partial charge in [0.1, 0.15) is 0 Å². The first kappa shape index (κ1) is 16.7. The summed E-state index contributed by atoms with van der Waals surface area (Å²) in [6.45, 7) is 0.750. The van der Waals surface area contributed by atoms with E-state index in [4.69, 9.17) is 21.1 Å². The number of hydrogen-bond donors (Lipinski definition) is 0. The zero-order valence-corrected chi connectivity index (χ0v) is 14.5. The van der Waals surface area contributed by atoms with Crippen molar-refractivity contribution in [3.05, 3.63) is 58.6 Å². The molecule has 24 heavy (non-hydrogen) atoms. The highest BCUT2D eigenvalue weighted by Crippen LogP contribution is 2.37. The summed E-state index contributed by atoms with van der Waals surface area (Å²) in [7, 11) is 3.23. The van der Waals surface area contributed by atoms with E-state index in [0.29, 0.717) is 22.1 Å². The van der Waals surface area contributed by atoms with Crippen molar-refractivity contribution in [2.75, 3.05) is 20.8 Å². The van der Waals surface area contributed by atoms with Crippen LogP contribution in [0.1, 0.15) is 34.8 Å². The van der Waals surface area contributed by atoms with E-state index in [0.717, 1.165) is 24.9 Å². The zero-order valence-electron chi connectivity index (χ0n) is 13.8. The Bertz CT molecular complexity index is 730. The van der Waals surface area contributed by atoms with Crippen LogP contribution in [0.15, 0.2) is 42.5 Å². The molecule has 0 bridgehead atoms. The van der Waals surface area contributed by atoms with Gasteiger partial charge in [-0.15, -0.1) is 0 Å². The second kappa shape index (κ2) is 7.14. The first-order valence-electron chi connectivity index (χ1n) is 7.92. The van der Waals surface area contributed by atoms with Crippen LogP contribution in [0.4, 0.5) is 0 Å². The number of carbonyl (C=O) groups excluding carboxylic acids is 1. The lowest BCUT2D eigenvalue weighted by molar-refractivity contribution is 0.0735. The molecule has 5 heteroatoms. The average Bonchev–Trinajstić information content (AvgIpc) is 3.10. The van der Waals surface area contributed by atoms with E-state index in [2.05, 4.69) is 0 Å². The Labute approximate surface area is 146 Å². The molecule has 0 spiro atoms. The highest BCUT2D eigenvalue weighted by atomic mass is 35.5. The van der Waals surface area contributed by atoms with Crippen LogP contribution in [0, 0.1) is 0 Å². The molecule has 3 rings (SSSR count). The molecular weight excluding hydrogens is 326 g/mol. The molecule has 1 heterocycles. The number of carbonyl (C=O) groups is 1. The van der Waals surface area contributed by atoms with Gasteiger partial charge in [-0.1, -0.05) is 17.7 Å². The fraction of sp³-hybridized carbons (Fsp3) is 0.316. The molecule has 1 aliphatic heterocycles. The third kappa shape index (κ3) is 3.20. The number of benzene rings is 2. The Kier molecular flexibility index (Phi) is 4.95. The van der Waals surface area contributed by atoms with Gasteiger partial charge in [0.15, 0.2) is 11.5 Å². The molecule has 0 radical (unpaired) electrons. The first-order valence-corrected chi connectivity index (χ1v) is 8.30. The third-order valence-corrected chi connectivity index (χ3v) is 4.65. The summed E-state index contributed by atoms with van der Waals surface area (Å²) in [5, 5.41) is 0.629. The van der Waals surface area contributed by atoms with E-state index >= 15 is 0 Å². The SMILES string of the molecule is COc1ccc([C@@H]2CCCN2C(=O)c2ccc(Cl)cc2)cc1OC. The first-order chi connectivity index (χ1) is 11.6. The molecule has 1 fully saturated rings. The molecule has 0 saturated carbocycles. The predicted molar refractivity (Wildman–Crippen MR) is 94.0 cm³/mol. The van der Waals surface area contributed by atoms with Crippen molar-refractivity contribution in [2.24, 2.45) is 0 Å². The summed E-state index contributed by atoms with van der Waals surface area (Å²) in [5.74, 6) is 1.40. The Morgan fingerprint density at radius 2 is 1.79 bits per heavy atom. The second-order valence-electron chi connectivity index (χ2n) is 5.78. The molecular formula is C19H20ClNO3. The number of halogens is 1. The quantitative estimate of drug-likeness (QED) is 0.827. The number of amides is 1. The summed E-state index contributed by atoms with van der Waals surface area (Å²) in [4.78, 5) is 14.8. The van der Waals surface area contributed by atoms with Crippen molar-refractivity contribution in [1.82, 2.24) is 4.90 Å². The maximum absolute atomic E-state index is 12.8. The minimum absolute atomic E-state index is 0.0314. The molecule has 4 nitrogen and oxygen atoms in total. The summed E-state index contributed by atoms with van der Waals surface area (Å²) < 4.78 is 10.7. The predicted octanol–water partition coefficient (Wildman–Crippen LogP) is 4.33. The fourth-order valence-corrected chi connectivity index (χ4v) is 3.30. The van der Waals surface area contributed by atoms with Gasteiger partial charge in [0.2, 0.25) is 0 Å². The second-order valence-corrected chi connectivity index (χ2v) is 6.21. The largest absolute Gasteiger partial charge is 0.493 e. The number of nitrogens with zero attached hydrogens (tertiary/aromatic N) is 1. The summed E-state index contributed by atoms with van der Waals surface area (Å²) in [6, 6.07) is 12.9. The number of rotatable bonds is 4. The van der Waals surface area contributed by atoms with Gasteiger partial charge in [-0.05, 0) is 54.8 Å². The van der Waals surface area contributed by atoms with Crippen molar-refractivity contribution in [3.8, 4) is 11.5 Å². The number of likely N-dealkylation sites (tertiary alicyclic amines) is 1. The lowest BCUT2D eigenvalue weighted by atomic mass is 10.0. The van der Waals surface area contributed by atoms with Crippen LogP contribution in [-0.4, -0.2) is 31.6 Å². The van der Waals surface area contributed by atoms with Crippen molar-refractivity contribution >= 4 is 17.5 Å². The lowest BCUT2D eigenvalue weighted by Crippen LogP contribution is -2.30. The Morgan fingerprint density at radius 3 is 2.46 bits per heavy atom. The lowest BCUT2D eigenvalue weighted by Gasteiger charge is -2.26. The van der Waals surface area contributed by atoms with Crippen LogP contribution in [0.2, 0.25) is 5.02 Å². The van der Waals surface area contributed by atoms with E-state index < -0.39 is 0 Å². The Morgan fingerprint density at radius 1 is 1.08 bits per heavy atom. The molecule has 1 aliphatic rings. The topological polar surface area (TPSA) is 38.8 Å². The van der Waals surface area contributed by atoms with Gasteiger partial charge in [-0.3, -0.25) is 4.79 Å². The van der Waals surface area contributed by atoms with E-state index in [1.807, 2.05) is 23.1 Å². The van der Waals surface area contributed by atoms with Crippen molar-refractivity contribution in [1.29, 1.82) is 0 Å². The van der Waals surface area contributed by atoms with Gasteiger partial charge in [0.25, 0.3) is 5.91 Å². The van der Waals surface area contributed by atoms with Crippen LogP contribution in [-0.2, 0) is 0 Å². The van der Waals surface area contributed by atoms with E-state index in [1.54, 1.807) is 38.5 Å². The van der Waals surface area contributed by atoms with Gasteiger partial charge in [-0.25, -0.2) is 0 Å². The molecule has 0 aliphatic carbocycles. The minimum Gasteiger partial charge on any atom is -0.493 e. The van der Waals surface area contributed by atoms with E-state index in [1.165, 1.54) is 0 Å². The molecule has 1 amide bonds. The number of hydrogen-bond acceptors (Lipinski definition) is 3. The van der Waals surface area contributed by atoms with Crippen LogP contribution < -0.4 is 9.47 Å². The van der Waals surface area contributed by atoms with Crippen LogP contribution in [0.25, 0.3) is 0 Å². The number of ether oxygens (including phenoxy) is 2. The van der Waals surface area contributed by atoms with Gasteiger partial charge >= 0.3 is 0 Å². The maximum atomic E-state index is 12.8. The molecule has 2 aromatic rings. The van der Waals surface area contributed by atoms with Crippen LogP contribution >= 0.6 is 11.6 Å². The fourth-order valence-electron chi connectivity index (χ4n) is 3.17. The van der Waals surface area contributed by atoms with E-state index in [9.17, 15) is 4.79 Å². The van der Waals surface area contributed by atoms with Crippen molar-refractivity contribution in [2.45, 2.75) is 18.9 Å². The van der Waals surface area contributed by atoms with Crippen molar-refractivity contribution < 1.29 is 14.3 Å². The normalized spacial score (nSPS) is 17.0. The highest BCUT2D eigenvalue weighted by Gasteiger charge is 2.31. The average molecular weight is 346 g/mol. The molecule has 1 atom stereocenters. The molecule has 0 N–H and O–H groups in total. The van der Waals surface area contributed by atoms with Crippen LogP contribution in [0.3, 0.4) is 0 Å². The smallest absolute Gasteiger partial charge is 0.254 e. The molecule has 1 saturated heterocycles. The number of methoxy groups -OCH3 is 2. The van der Waals surface area contributed by atoms with Gasteiger partial charge < -0.3 is 14.4 Å². The highest BCUT2D eigenvalue weighted by molar-refractivity contribution is 6.30. The zero-order chi connectivity index (χ0) is 17.1. The molecule has 0 aromatic heterocycles. The maximum Gasteiger partial charge on any atom is 0.254 e. The Hall–Kier alpha value is -2.20. The van der Waals surface area contributed by atoms with E-state index in [-0.39, 0.29) is 11.9 Å². The summed E-state index contributed by atoms with van der Waals surface area (Å²) >= 11 is 5.91.